The fourth-order valence-corrected chi connectivity index (χ4v) is 4.68. The molecule has 0 saturated carbocycles. The van der Waals surface area contributed by atoms with E-state index in [1.807, 2.05) is 38.1 Å². The van der Waals surface area contributed by atoms with Crippen LogP contribution in [0.1, 0.15) is 25.1 Å². The summed E-state index contributed by atoms with van der Waals surface area (Å²) < 4.78 is 1.66. The number of hydrogen-bond donors (Lipinski definition) is 1. The zero-order valence-electron chi connectivity index (χ0n) is 14.5. The Balaban J connectivity index is 1.71. The lowest BCUT2D eigenvalue weighted by Gasteiger charge is -2.11. The third-order valence-corrected chi connectivity index (χ3v) is 6.14. The van der Waals surface area contributed by atoms with Crippen molar-refractivity contribution in [2.45, 2.75) is 49.0 Å². The molecule has 1 aliphatic heterocycles. The number of hydrogen-bond acceptors (Lipinski definition) is 5. The molecular weight excluding hydrogens is 354 g/mol. The lowest BCUT2D eigenvalue weighted by Crippen LogP contribution is -2.25. The van der Waals surface area contributed by atoms with E-state index in [9.17, 15) is 9.59 Å². The highest BCUT2D eigenvalue weighted by molar-refractivity contribution is 8.00. The number of fused-ring (bicyclic) bond motifs is 1. The van der Waals surface area contributed by atoms with Gasteiger partial charge in [0.15, 0.2) is 5.16 Å². The molecule has 7 heteroatoms. The zero-order chi connectivity index (χ0) is 18.0. The van der Waals surface area contributed by atoms with Crippen molar-refractivity contribution in [2.75, 3.05) is 11.1 Å². The molecule has 5 nitrogen and oxygen atoms in total. The normalized spacial score (nSPS) is 15.9. The molecule has 3 rings (SSSR count). The highest BCUT2D eigenvalue weighted by Gasteiger charge is 2.26. The summed E-state index contributed by atoms with van der Waals surface area (Å²) in [4.78, 5) is 30.2. The van der Waals surface area contributed by atoms with E-state index in [-0.39, 0.29) is 17.2 Å². The van der Waals surface area contributed by atoms with Crippen molar-refractivity contribution in [3.05, 3.63) is 45.9 Å². The average Bonchev–Trinajstić information content (AvgIpc) is 2.96. The maximum absolute atomic E-state index is 12.6. The van der Waals surface area contributed by atoms with Gasteiger partial charge in [-0.1, -0.05) is 36.4 Å². The number of anilines is 1. The molecule has 1 aromatic heterocycles. The second-order valence-electron chi connectivity index (χ2n) is 6.06. The van der Waals surface area contributed by atoms with Crippen LogP contribution in [0.3, 0.4) is 0 Å². The fraction of sp³-hybridized carbons (Fsp3) is 0.389. The first-order valence-corrected chi connectivity index (χ1v) is 10.1. The summed E-state index contributed by atoms with van der Waals surface area (Å²) in [5.41, 5.74) is 2.81. The minimum Gasteiger partial charge on any atom is -0.325 e. The van der Waals surface area contributed by atoms with E-state index in [0.717, 1.165) is 28.3 Å². The molecule has 0 spiro atoms. The van der Waals surface area contributed by atoms with Crippen molar-refractivity contribution >= 4 is 35.1 Å². The Morgan fingerprint density at radius 1 is 1.40 bits per heavy atom. The standard InChI is InChI=1S/C18H21N3O2S2/c1-4-21-17(23)16-14(9-12(3)25-16)20-18(21)24-10-15(22)19-13-7-5-11(2)6-8-13/h5-8,12H,4,9-10H2,1-3H3,(H,19,22)/t12-/m1/s1. The van der Waals surface area contributed by atoms with Crippen LogP contribution in [0.4, 0.5) is 5.69 Å². The van der Waals surface area contributed by atoms with Gasteiger partial charge >= 0.3 is 0 Å². The molecule has 2 aromatic rings. The van der Waals surface area contributed by atoms with Crippen molar-refractivity contribution < 1.29 is 4.79 Å². The molecule has 0 radical (unpaired) electrons. The minimum absolute atomic E-state index is 0.0169. The van der Waals surface area contributed by atoms with E-state index < -0.39 is 0 Å². The molecular formula is C18H21N3O2S2. The summed E-state index contributed by atoms with van der Waals surface area (Å²) >= 11 is 2.91. The van der Waals surface area contributed by atoms with Gasteiger partial charge in [0.05, 0.1) is 16.3 Å². The Bertz CT molecular complexity index is 847. The van der Waals surface area contributed by atoms with Crippen LogP contribution in [-0.2, 0) is 17.8 Å². The molecule has 1 atom stereocenters. The van der Waals surface area contributed by atoms with Gasteiger partial charge in [0.25, 0.3) is 5.56 Å². The van der Waals surface area contributed by atoms with Gasteiger partial charge in [0.1, 0.15) is 0 Å². The first kappa shape index (κ1) is 18.1. The highest BCUT2D eigenvalue weighted by atomic mass is 32.2. The molecule has 1 amide bonds. The quantitative estimate of drug-likeness (QED) is 0.641. The Morgan fingerprint density at radius 2 is 2.12 bits per heavy atom. The Hall–Kier alpha value is -1.73. The summed E-state index contributed by atoms with van der Waals surface area (Å²) in [6.45, 7) is 6.58. The van der Waals surface area contributed by atoms with E-state index in [4.69, 9.17) is 0 Å². The van der Waals surface area contributed by atoms with E-state index >= 15 is 0 Å². The van der Waals surface area contributed by atoms with Crippen molar-refractivity contribution in [2.24, 2.45) is 0 Å². The lowest BCUT2D eigenvalue weighted by molar-refractivity contribution is -0.113. The molecule has 0 bridgehead atoms. The highest BCUT2D eigenvalue weighted by Crippen LogP contribution is 2.34. The maximum Gasteiger partial charge on any atom is 0.268 e. The number of benzene rings is 1. The van der Waals surface area contributed by atoms with Gasteiger partial charge < -0.3 is 5.32 Å². The number of carbonyl (C=O) groups excluding carboxylic acids is 1. The van der Waals surface area contributed by atoms with Crippen LogP contribution in [0.5, 0.6) is 0 Å². The van der Waals surface area contributed by atoms with E-state index in [1.165, 1.54) is 11.8 Å². The summed E-state index contributed by atoms with van der Waals surface area (Å²) in [6.07, 6.45) is 0.808. The first-order valence-electron chi connectivity index (χ1n) is 8.27. The number of nitrogens with one attached hydrogen (secondary N) is 1. The van der Waals surface area contributed by atoms with Gasteiger partial charge in [0, 0.05) is 23.9 Å². The molecule has 1 aliphatic rings. The van der Waals surface area contributed by atoms with Gasteiger partial charge in [-0.05, 0) is 26.0 Å². The van der Waals surface area contributed by atoms with Crippen molar-refractivity contribution in [1.82, 2.24) is 9.55 Å². The largest absolute Gasteiger partial charge is 0.325 e. The third-order valence-electron chi connectivity index (χ3n) is 3.95. The summed E-state index contributed by atoms with van der Waals surface area (Å²) in [5, 5.41) is 3.88. The smallest absolute Gasteiger partial charge is 0.268 e. The molecule has 25 heavy (non-hydrogen) atoms. The van der Waals surface area contributed by atoms with Crippen LogP contribution in [0.25, 0.3) is 0 Å². The summed E-state index contributed by atoms with van der Waals surface area (Å²) in [5.74, 6) is 0.121. The topological polar surface area (TPSA) is 64.0 Å². The Morgan fingerprint density at radius 3 is 2.80 bits per heavy atom. The van der Waals surface area contributed by atoms with Gasteiger partial charge in [-0.25, -0.2) is 4.98 Å². The first-order chi connectivity index (χ1) is 12.0. The zero-order valence-corrected chi connectivity index (χ0v) is 16.2. The van der Waals surface area contributed by atoms with Gasteiger partial charge in [-0.2, -0.15) is 0 Å². The summed E-state index contributed by atoms with van der Waals surface area (Å²) in [7, 11) is 0. The summed E-state index contributed by atoms with van der Waals surface area (Å²) in [6, 6.07) is 7.68. The fourth-order valence-electron chi connectivity index (χ4n) is 2.68. The van der Waals surface area contributed by atoms with Crippen LogP contribution in [0.15, 0.2) is 39.1 Å². The van der Waals surface area contributed by atoms with E-state index in [0.29, 0.717) is 17.0 Å². The van der Waals surface area contributed by atoms with E-state index in [1.54, 1.807) is 16.3 Å². The van der Waals surface area contributed by atoms with Gasteiger partial charge in [0.2, 0.25) is 5.91 Å². The Labute approximate surface area is 155 Å². The van der Waals surface area contributed by atoms with E-state index in [2.05, 4.69) is 17.2 Å². The number of thioether (sulfide) groups is 2. The molecule has 132 valence electrons. The van der Waals surface area contributed by atoms with Crippen LogP contribution in [0, 0.1) is 6.92 Å². The second-order valence-corrected chi connectivity index (χ2v) is 8.45. The number of carbonyl (C=O) groups is 1. The second kappa shape index (κ2) is 7.66. The van der Waals surface area contributed by atoms with Crippen LogP contribution < -0.4 is 10.9 Å². The number of aryl methyl sites for hydroxylation is 1. The number of rotatable bonds is 5. The molecule has 0 unspecified atom stereocenters. The van der Waals surface area contributed by atoms with Gasteiger partial charge in [-0.3, -0.25) is 14.2 Å². The predicted molar refractivity (Wildman–Crippen MR) is 104 cm³/mol. The van der Waals surface area contributed by atoms with Crippen molar-refractivity contribution in [3.63, 3.8) is 0 Å². The molecule has 1 N–H and O–H groups in total. The number of nitrogens with zero attached hydrogens (tertiary/aromatic N) is 2. The average molecular weight is 376 g/mol. The van der Waals surface area contributed by atoms with Crippen LogP contribution in [0.2, 0.25) is 0 Å². The number of aromatic nitrogens is 2. The molecule has 1 aromatic carbocycles. The third kappa shape index (κ3) is 4.10. The number of amides is 1. The van der Waals surface area contributed by atoms with Crippen LogP contribution in [-0.4, -0.2) is 26.5 Å². The predicted octanol–water partition coefficient (Wildman–Crippen LogP) is 3.34. The van der Waals surface area contributed by atoms with Crippen molar-refractivity contribution in [1.29, 1.82) is 0 Å². The molecule has 2 heterocycles. The minimum atomic E-state index is -0.103. The molecule has 0 aliphatic carbocycles. The SMILES string of the molecule is CCn1c(SCC(=O)Nc2ccc(C)cc2)nc2c(c1=O)S[C@H](C)C2. The molecule has 0 fully saturated rings. The maximum atomic E-state index is 12.6. The molecule has 0 saturated heterocycles. The van der Waals surface area contributed by atoms with Gasteiger partial charge in [-0.15, -0.1) is 11.8 Å². The lowest BCUT2D eigenvalue weighted by atomic mass is 10.2. The van der Waals surface area contributed by atoms with Crippen LogP contribution >= 0.6 is 23.5 Å². The monoisotopic (exact) mass is 375 g/mol. The van der Waals surface area contributed by atoms with Crippen molar-refractivity contribution in [3.8, 4) is 0 Å². The Kier molecular flexibility index (Phi) is 5.54.